The largest absolute Gasteiger partial charge is 0.453 e. The maximum absolute atomic E-state index is 13.8. The van der Waals surface area contributed by atoms with Gasteiger partial charge < -0.3 is 30.5 Å². The number of ether oxygens (including phenoxy) is 2. The molecule has 0 radical (unpaired) electrons. The lowest BCUT2D eigenvalue weighted by atomic mass is 9.85. The molecule has 0 aliphatic heterocycles. The quantitative estimate of drug-likeness (QED) is 0.107. The SMILES string of the molecule is C.C=C/C=C\C(=C/C)C[C@H](NC(=O)C(NC(=O)OC)C(C)(C)C)C(O)CN(Cc1ccc(-c2ccccn2)cc1)NC(=O)C(NC(=O)OC)C(C)(C)C. The number of hydrazine groups is 1. The van der Waals surface area contributed by atoms with Gasteiger partial charge in [-0.15, -0.1) is 0 Å². The van der Waals surface area contributed by atoms with Crippen LogP contribution in [0.4, 0.5) is 9.59 Å². The van der Waals surface area contributed by atoms with Crippen molar-refractivity contribution in [2.24, 2.45) is 10.8 Å². The van der Waals surface area contributed by atoms with Crippen molar-refractivity contribution in [1.82, 2.24) is 31.4 Å². The van der Waals surface area contributed by atoms with Crippen LogP contribution in [-0.4, -0.2) is 84.1 Å². The van der Waals surface area contributed by atoms with Crippen molar-refractivity contribution in [3.8, 4) is 11.3 Å². The molecule has 13 nitrogen and oxygen atoms in total. The molecule has 1 aromatic heterocycles. The number of allylic oxidation sites excluding steroid dienone is 4. The summed E-state index contributed by atoms with van der Waals surface area (Å²) in [5, 5.41) is 21.6. The van der Waals surface area contributed by atoms with Gasteiger partial charge in [-0.2, -0.15) is 0 Å². The fourth-order valence-corrected chi connectivity index (χ4v) is 5.24. The molecule has 292 valence electrons. The highest BCUT2D eigenvalue weighted by Gasteiger charge is 2.37. The second-order valence-electron chi connectivity index (χ2n) is 14.5. The van der Waals surface area contributed by atoms with E-state index in [4.69, 9.17) is 9.47 Å². The van der Waals surface area contributed by atoms with Crippen LogP contribution < -0.4 is 21.4 Å². The molecule has 0 aliphatic carbocycles. The molecule has 4 atom stereocenters. The maximum atomic E-state index is 13.8. The summed E-state index contributed by atoms with van der Waals surface area (Å²) in [6, 6.07) is 10.4. The van der Waals surface area contributed by atoms with Crippen LogP contribution in [0.2, 0.25) is 0 Å². The second-order valence-corrected chi connectivity index (χ2v) is 14.5. The zero-order valence-corrected chi connectivity index (χ0v) is 31.9. The number of nitrogens with one attached hydrogen (secondary N) is 4. The van der Waals surface area contributed by atoms with E-state index < -0.39 is 59.1 Å². The van der Waals surface area contributed by atoms with Crippen LogP contribution in [-0.2, 0) is 25.6 Å². The van der Waals surface area contributed by atoms with Crippen LogP contribution in [0, 0.1) is 10.8 Å². The summed E-state index contributed by atoms with van der Waals surface area (Å²) in [5.74, 6) is -1.06. The Morgan fingerprint density at radius 3 is 1.92 bits per heavy atom. The van der Waals surface area contributed by atoms with E-state index in [0.717, 1.165) is 22.4 Å². The van der Waals surface area contributed by atoms with Crippen molar-refractivity contribution in [3.63, 3.8) is 0 Å². The summed E-state index contributed by atoms with van der Waals surface area (Å²) < 4.78 is 9.54. The highest BCUT2D eigenvalue weighted by atomic mass is 16.5. The number of aromatic nitrogens is 1. The average molecular weight is 737 g/mol. The molecule has 5 N–H and O–H groups in total. The molecule has 0 aliphatic rings. The van der Waals surface area contributed by atoms with Crippen molar-refractivity contribution in [2.45, 2.75) is 93.1 Å². The van der Waals surface area contributed by atoms with Gasteiger partial charge in [0.25, 0.3) is 5.91 Å². The third-order valence-corrected chi connectivity index (χ3v) is 8.18. The Morgan fingerprint density at radius 2 is 1.45 bits per heavy atom. The number of alkyl carbamates (subject to hydrolysis) is 2. The second kappa shape index (κ2) is 21.5. The Labute approximate surface area is 315 Å². The Morgan fingerprint density at radius 1 is 0.887 bits per heavy atom. The lowest BCUT2D eigenvalue weighted by Crippen LogP contribution is -2.60. The van der Waals surface area contributed by atoms with Crippen LogP contribution in [0.25, 0.3) is 11.3 Å². The van der Waals surface area contributed by atoms with E-state index in [9.17, 15) is 24.3 Å². The molecule has 13 heteroatoms. The number of hydrogen-bond acceptors (Lipinski definition) is 9. The van der Waals surface area contributed by atoms with Crippen molar-refractivity contribution in [3.05, 3.63) is 90.7 Å². The molecule has 0 bridgehead atoms. The molecule has 0 spiro atoms. The summed E-state index contributed by atoms with van der Waals surface area (Å²) in [6.07, 6.45) is 6.18. The van der Waals surface area contributed by atoms with Crippen molar-refractivity contribution < 1.29 is 33.8 Å². The number of aliphatic hydroxyl groups is 1. The van der Waals surface area contributed by atoms with Crippen LogP contribution in [0.3, 0.4) is 0 Å². The first-order valence-corrected chi connectivity index (χ1v) is 17.1. The van der Waals surface area contributed by atoms with Gasteiger partial charge in [0, 0.05) is 24.8 Å². The summed E-state index contributed by atoms with van der Waals surface area (Å²) in [7, 11) is 2.43. The standard InChI is InChI=1S/C39H56N6O7.CH4/c1-11-13-16-26(12-2)23-30(41-34(47)32(38(3,4)5)42-36(49)51-9)31(46)25-45(44-35(48)33(39(6,7)8)43-37(50)52-10)24-27-18-20-28(21-19-27)29-17-14-15-22-40-29;/h11-22,30-33,46H,1,23-25H2,2-10H3,(H,41,47)(H,42,49)(H,43,50)(H,44,48);1H4/b16-13-,26-12+;/t30-,31?,32?,33?;/m0./s1. The fourth-order valence-electron chi connectivity index (χ4n) is 5.24. The van der Waals surface area contributed by atoms with Crippen LogP contribution in [0.5, 0.6) is 0 Å². The number of amides is 4. The molecule has 2 aromatic rings. The number of rotatable bonds is 16. The van der Waals surface area contributed by atoms with Gasteiger partial charge in [-0.05, 0) is 41.9 Å². The van der Waals surface area contributed by atoms with E-state index in [0.29, 0.717) is 0 Å². The van der Waals surface area contributed by atoms with E-state index in [-0.39, 0.29) is 26.9 Å². The Balaban J connectivity index is 0.0000140. The molecule has 2 rings (SSSR count). The lowest BCUT2D eigenvalue weighted by molar-refractivity contribution is -0.132. The van der Waals surface area contributed by atoms with Crippen molar-refractivity contribution in [1.29, 1.82) is 0 Å². The number of carbonyl (C=O) groups excluding carboxylic acids is 4. The number of aliphatic hydroxyl groups excluding tert-OH is 1. The number of carbonyl (C=O) groups is 4. The van der Waals surface area contributed by atoms with Crippen LogP contribution in [0.15, 0.2) is 85.1 Å². The maximum Gasteiger partial charge on any atom is 0.407 e. The van der Waals surface area contributed by atoms with Gasteiger partial charge in [-0.25, -0.2) is 14.6 Å². The van der Waals surface area contributed by atoms with Gasteiger partial charge in [-0.1, -0.05) is 116 Å². The number of methoxy groups -OCH3 is 2. The van der Waals surface area contributed by atoms with Crippen molar-refractivity contribution in [2.75, 3.05) is 20.8 Å². The molecule has 0 saturated carbocycles. The Bertz CT molecular complexity index is 1550. The van der Waals surface area contributed by atoms with Crippen molar-refractivity contribution >= 4 is 24.0 Å². The third-order valence-electron chi connectivity index (χ3n) is 8.18. The normalized spacial score (nSPS) is 14.2. The third kappa shape index (κ3) is 15.2. The summed E-state index contributed by atoms with van der Waals surface area (Å²) in [4.78, 5) is 56.4. The fraction of sp³-hybridized carbons (Fsp3) is 0.475. The summed E-state index contributed by atoms with van der Waals surface area (Å²) in [5.41, 5.74) is 4.78. The highest BCUT2D eigenvalue weighted by Crippen LogP contribution is 2.23. The molecule has 0 fully saturated rings. The van der Waals surface area contributed by atoms with Gasteiger partial charge in [-0.3, -0.25) is 20.0 Å². The highest BCUT2D eigenvalue weighted by molar-refractivity contribution is 5.87. The molecular formula is C40H60N6O7. The number of benzene rings is 1. The molecule has 1 heterocycles. The minimum absolute atomic E-state index is 0. The van der Waals surface area contributed by atoms with Gasteiger partial charge in [0.1, 0.15) is 12.1 Å². The van der Waals surface area contributed by atoms with E-state index in [1.807, 2.05) is 61.5 Å². The molecule has 0 saturated heterocycles. The van der Waals surface area contributed by atoms with E-state index in [1.54, 1.807) is 64.9 Å². The Hall–Kier alpha value is -5.01. The summed E-state index contributed by atoms with van der Waals surface area (Å²) in [6.45, 7) is 16.4. The number of pyridine rings is 1. The number of nitrogens with zero attached hydrogens (tertiary/aromatic N) is 2. The smallest absolute Gasteiger partial charge is 0.407 e. The average Bonchev–Trinajstić information content (AvgIpc) is 3.09. The lowest BCUT2D eigenvalue weighted by Gasteiger charge is -2.35. The van der Waals surface area contributed by atoms with Gasteiger partial charge >= 0.3 is 12.2 Å². The molecule has 53 heavy (non-hydrogen) atoms. The predicted octanol–water partition coefficient (Wildman–Crippen LogP) is 5.68. The molecular weight excluding hydrogens is 676 g/mol. The minimum atomic E-state index is -1.25. The first-order valence-electron chi connectivity index (χ1n) is 17.1. The topological polar surface area (TPSA) is 171 Å². The zero-order valence-electron chi connectivity index (χ0n) is 31.9. The van der Waals surface area contributed by atoms with Gasteiger partial charge in [0.15, 0.2) is 0 Å². The predicted molar refractivity (Wildman–Crippen MR) is 208 cm³/mol. The van der Waals surface area contributed by atoms with Gasteiger partial charge in [0.2, 0.25) is 5.91 Å². The zero-order chi connectivity index (χ0) is 39.1. The van der Waals surface area contributed by atoms with Gasteiger partial charge in [0.05, 0.1) is 32.1 Å². The van der Waals surface area contributed by atoms with E-state index in [2.05, 4.69) is 32.9 Å². The van der Waals surface area contributed by atoms with Crippen LogP contribution in [0.1, 0.15) is 67.9 Å². The number of hydrogen-bond donors (Lipinski definition) is 5. The monoisotopic (exact) mass is 736 g/mol. The Kier molecular flexibility index (Phi) is 18.7. The minimum Gasteiger partial charge on any atom is -0.453 e. The molecule has 1 aromatic carbocycles. The van der Waals surface area contributed by atoms with Crippen LogP contribution >= 0.6 is 0 Å². The first kappa shape index (κ1) is 46.0. The molecule has 3 unspecified atom stereocenters. The van der Waals surface area contributed by atoms with E-state index in [1.165, 1.54) is 14.2 Å². The molecule has 4 amide bonds. The first-order chi connectivity index (χ1) is 24.4. The van der Waals surface area contributed by atoms with E-state index >= 15 is 0 Å². The summed E-state index contributed by atoms with van der Waals surface area (Å²) >= 11 is 0.